The molecular weight excluding hydrogens is 395 g/mol. The molecule has 0 bridgehead atoms. The van der Waals surface area contributed by atoms with Crippen molar-refractivity contribution in [3.05, 3.63) is 58.6 Å². The monoisotopic (exact) mass is 418 g/mol. The van der Waals surface area contributed by atoms with Crippen LogP contribution in [-0.4, -0.2) is 28.7 Å². The van der Waals surface area contributed by atoms with Crippen LogP contribution >= 0.6 is 11.6 Å². The summed E-state index contributed by atoms with van der Waals surface area (Å²) in [5.41, 5.74) is -0.838. The van der Waals surface area contributed by atoms with Crippen molar-refractivity contribution in [2.45, 2.75) is 45.8 Å². The van der Waals surface area contributed by atoms with E-state index in [9.17, 15) is 14.3 Å². The van der Waals surface area contributed by atoms with Crippen molar-refractivity contribution in [3.8, 4) is 16.9 Å². The lowest BCUT2D eigenvalue weighted by Gasteiger charge is -2.40. The van der Waals surface area contributed by atoms with Gasteiger partial charge in [-0.05, 0) is 70.5 Å². The predicted octanol–water partition coefficient (Wildman–Crippen LogP) is 5.97. The second-order valence-electron chi connectivity index (χ2n) is 7.94. The number of hydrogen-bond acceptors (Lipinski definition) is 4. The van der Waals surface area contributed by atoms with Gasteiger partial charge in [0.05, 0.1) is 12.2 Å². The van der Waals surface area contributed by atoms with Crippen molar-refractivity contribution in [3.63, 3.8) is 0 Å². The van der Waals surface area contributed by atoms with E-state index in [1.807, 2.05) is 6.92 Å². The fourth-order valence-electron chi connectivity index (χ4n) is 3.59. The van der Waals surface area contributed by atoms with E-state index in [-0.39, 0.29) is 17.1 Å². The highest BCUT2D eigenvalue weighted by molar-refractivity contribution is 6.30. The molecule has 0 fully saturated rings. The van der Waals surface area contributed by atoms with Crippen LogP contribution in [0, 0.1) is 5.82 Å². The van der Waals surface area contributed by atoms with Gasteiger partial charge in [0.2, 0.25) is 0 Å². The highest BCUT2D eigenvalue weighted by atomic mass is 35.5. The lowest BCUT2D eigenvalue weighted by atomic mass is 9.82. The predicted molar refractivity (Wildman–Crippen MR) is 112 cm³/mol. The minimum absolute atomic E-state index is 0.117. The van der Waals surface area contributed by atoms with Gasteiger partial charge in [-0.1, -0.05) is 17.7 Å². The molecule has 0 amide bonds. The summed E-state index contributed by atoms with van der Waals surface area (Å²) in [6.07, 6.45) is 0. The van der Waals surface area contributed by atoms with Gasteiger partial charge >= 0.3 is 0 Å². The molecule has 6 heteroatoms. The third-order valence-electron chi connectivity index (χ3n) is 4.88. The molecule has 1 N–H and O–H groups in total. The second-order valence-corrected chi connectivity index (χ2v) is 8.38. The third-order valence-corrected chi connectivity index (χ3v) is 5.12. The molecule has 2 aromatic carbocycles. The Morgan fingerprint density at radius 3 is 2.38 bits per heavy atom. The maximum Gasteiger partial charge on any atom is 0.198 e. The Morgan fingerprint density at radius 1 is 1.07 bits per heavy atom. The Bertz CT molecular complexity index is 1010. The molecule has 0 radical (unpaired) electrons. The Kier molecular flexibility index (Phi) is 5.50. The summed E-state index contributed by atoms with van der Waals surface area (Å²) in [7, 11) is 0. The van der Waals surface area contributed by atoms with Crippen LogP contribution in [0.3, 0.4) is 0 Å². The van der Waals surface area contributed by atoms with Gasteiger partial charge < -0.3 is 14.6 Å². The van der Waals surface area contributed by atoms with Crippen molar-refractivity contribution >= 4 is 23.0 Å². The number of ether oxygens (including phenoxy) is 2. The highest BCUT2D eigenvalue weighted by Crippen LogP contribution is 2.43. The molecule has 3 rings (SSSR count). The largest absolute Gasteiger partial charge is 0.508 e. The van der Waals surface area contributed by atoms with Crippen LogP contribution in [-0.2, 0) is 9.53 Å². The SMILES string of the molecule is CCOc1ccc(-c2ccc(Cl)cc2F)cc1C1=C(O)C(C)(C)OC(C)(C)C1=O. The molecule has 29 heavy (non-hydrogen) atoms. The summed E-state index contributed by atoms with van der Waals surface area (Å²) >= 11 is 5.87. The zero-order chi connectivity index (χ0) is 21.6. The Labute approximate surface area is 174 Å². The molecule has 4 nitrogen and oxygen atoms in total. The number of aliphatic hydroxyl groups is 1. The fourth-order valence-corrected chi connectivity index (χ4v) is 3.75. The number of carbonyl (C=O) groups excluding carboxylic acids is 1. The van der Waals surface area contributed by atoms with E-state index in [1.54, 1.807) is 58.0 Å². The Balaban J connectivity index is 2.27. The van der Waals surface area contributed by atoms with Crippen LogP contribution in [0.1, 0.15) is 40.2 Å². The standard InChI is InChI=1S/C23H24ClFO4/c1-6-28-18-10-7-13(15-9-8-14(24)12-17(15)25)11-16(18)19-20(26)22(2,3)29-23(4,5)21(19)27/h7-12,26H,6H2,1-5H3. The van der Waals surface area contributed by atoms with E-state index in [2.05, 4.69) is 0 Å². The summed E-state index contributed by atoms with van der Waals surface area (Å²) in [5.74, 6) is -0.612. The Morgan fingerprint density at radius 2 is 1.76 bits per heavy atom. The molecule has 0 saturated heterocycles. The van der Waals surface area contributed by atoms with Gasteiger partial charge in [0.1, 0.15) is 28.5 Å². The number of benzene rings is 2. The van der Waals surface area contributed by atoms with Crippen LogP contribution in [0.15, 0.2) is 42.2 Å². The summed E-state index contributed by atoms with van der Waals surface area (Å²) < 4.78 is 26.0. The van der Waals surface area contributed by atoms with E-state index in [4.69, 9.17) is 21.1 Å². The zero-order valence-corrected chi connectivity index (χ0v) is 17.9. The fraction of sp³-hybridized carbons (Fsp3) is 0.348. The normalized spacial score (nSPS) is 18.1. The van der Waals surface area contributed by atoms with E-state index >= 15 is 0 Å². The van der Waals surface area contributed by atoms with Crippen molar-refractivity contribution in [1.29, 1.82) is 0 Å². The number of halogens is 2. The molecule has 0 saturated carbocycles. The Hall–Kier alpha value is -2.37. The number of rotatable bonds is 4. The van der Waals surface area contributed by atoms with Gasteiger partial charge in [-0.3, -0.25) is 4.79 Å². The third kappa shape index (κ3) is 3.89. The van der Waals surface area contributed by atoms with Crippen LogP contribution in [0.25, 0.3) is 16.7 Å². The van der Waals surface area contributed by atoms with Gasteiger partial charge in [0.25, 0.3) is 0 Å². The van der Waals surface area contributed by atoms with Crippen LogP contribution < -0.4 is 4.74 Å². The maximum absolute atomic E-state index is 14.5. The minimum atomic E-state index is -1.14. The minimum Gasteiger partial charge on any atom is -0.508 e. The average Bonchev–Trinajstić information content (AvgIpc) is 2.61. The summed E-state index contributed by atoms with van der Waals surface area (Å²) in [6.45, 7) is 8.90. The van der Waals surface area contributed by atoms with E-state index in [0.29, 0.717) is 34.1 Å². The second kappa shape index (κ2) is 7.47. The van der Waals surface area contributed by atoms with Gasteiger partial charge in [-0.25, -0.2) is 4.39 Å². The van der Waals surface area contributed by atoms with Crippen molar-refractivity contribution in [2.24, 2.45) is 0 Å². The zero-order valence-electron chi connectivity index (χ0n) is 17.1. The molecule has 154 valence electrons. The summed E-state index contributed by atoms with van der Waals surface area (Å²) in [6, 6.07) is 9.43. The lowest BCUT2D eigenvalue weighted by Crippen LogP contribution is -2.49. The first-order chi connectivity index (χ1) is 13.5. The van der Waals surface area contributed by atoms with E-state index in [1.165, 1.54) is 6.07 Å². The van der Waals surface area contributed by atoms with Crippen LogP contribution in [0.5, 0.6) is 5.75 Å². The molecule has 1 heterocycles. The van der Waals surface area contributed by atoms with Crippen molar-refractivity contribution in [2.75, 3.05) is 6.61 Å². The van der Waals surface area contributed by atoms with E-state index in [0.717, 1.165) is 0 Å². The molecule has 1 aliphatic rings. The first-order valence-electron chi connectivity index (χ1n) is 9.39. The summed E-state index contributed by atoms with van der Waals surface area (Å²) in [5, 5.41) is 11.2. The maximum atomic E-state index is 14.5. The molecular formula is C23H24ClFO4. The van der Waals surface area contributed by atoms with Crippen molar-refractivity contribution < 1.29 is 23.8 Å². The van der Waals surface area contributed by atoms with Gasteiger partial charge in [0, 0.05) is 16.1 Å². The van der Waals surface area contributed by atoms with Gasteiger partial charge in [-0.15, -0.1) is 0 Å². The summed E-state index contributed by atoms with van der Waals surface area (Å²) in [4.78, 5) is 13.2. The van der Waals surface area contributed by atoms with Crippen molar-refractivity contribution in [1.82, 2.24) is 0 Å². The molecule has 1 aliphatic heterocycles. The average molecular weight is 419 g/mol. The van der Waals surface area contributed by atoms with Gasteiger partial charge in [-0.2, -0.15) is 0 Å². The number of ketones is 1. The number of Topliss-reactive ketones (excluding diaryl/α,β-unsaturated/α-hetero) is 1. The molecule has 0 aliphatic carbocycles. The molecule has 0 atom stereocenters. The van der Waals surface area contributed by atoms with Crippen LogP contribution in [0.2, 0.25) is 5.02 Å². The topological polar surface area (TPSA) is 55.8 Å². The number of aliphatic hydroxyl groups excluding tert-OH is 1. The van der Waals surface area contributed by atoms with Crippen LogP contribution in [0.4, 0.5) is 4.39 Å². The quantitative estimate of drug-likeness (QED) is 0.664. The molecule has 0 spiro atoms. The smallest absolute Gasteiger partial charge is 0.198 e. The lowest BCUT2D eigenvalue weighted by molar-refractivity contribution is -0.158. The first-order valence-corrected chi connectivity index (χ1v) is 9.77. The highest BCUT2D eigenvalue weighted by Gasteiger charge is 2.47. The van der Waals surface area contributed by atoms with E-state index < -0.39 is 17.0 Å². The molecule has 0 unspecified atom stereocenters. The number of carbonyl (C=O) groups is 1. The molecule has 0 aromatic heterocycles. The first kappa shape index (κ1) is 21.3. The molecule has 2 aromatic rings. The van der Waals surface area contributed by atoms with Gasteiger partial charge in [0.15, 0.2) is 5.78 Å². The number of hydrogen-bond donors (Lipinski definition) is 1.